The van der Waals surface area contributed by atoms with E-state index in [1.54, 1.807) is 0 Å². The average molecular weight is 494 g/mol. The topological polar surface area (TPSA) is 56.1 Å². The molecule has 0 radical (unpaired) electrons. The molecule has 5 heteroatoms. The molecule has 3 heterocycles. The fourth-order valence-electron chi connectivity index (χ4n) is 6.69. The Kier molecular flexibility index (Phi) is 4.06. The third-order valence-corrected chi connectivity index (χ3v) is 8.46. The van der Waals surface area contributed by atoms with E-state index in [-0.39, 0.29) is 24.3 Å². The first-order chi connectivity index (χ1) is 18.8. The maximum Gasteiger partial charge on any atom is 0.219 e. The number of aliphatic imine (C=N–C) groups is 2. The summed E-state index contributed by atoms with van der Waals surface area (Å²) in [6, 6.07) is 31.8. The Labute approximate surface area is 219 Å². The van der Waals surface area contributed by atoms with E-state index in [1.165, 1.54) is 22.3 Å². The van der Waals surface area contributed by atoms with Gasteiger partial charge in [-0.2, -0.15) is 0 Å². The standard InChI is InChI=1S/C33H23N3O2/c1-3-11-22-18(7-1)16-26-30(22)35-32(37-26)24-13-5-9-20-15-21-10-6-14-25(29(21)34-28(20)24)33-36-31-23-12-4-2-8-19(23)17-27(31)38-33/h1-15,26-27,30-31H,16-17H2/t26-,27-,30+,31+/m1/s1. The molecule has 0 unspecified atom stereocenters. The number of pyridine rings is 1. The van der Waals surface area contributed by atoms with Gasteiger partial charge in [0.1, 0.15) is 24.3 Å². The second-order valence-electron chi connectivity index (χ2n) is 10.6. The van der Waals surface area contributed by atoms with Gasteiger partial charge in [-0.05, 0) is 40.5 Å². The summed E-state index contributed by atoms with van der Waals surface area (Å²) >= 11 is 0. The van der Waals surface area contributed by atoms with Gasteiger partial charge in [0, 0.05) is 23.6 Å². The predicted octanol–water partition coefficient (Wildman–Crippen LogP) is 6.27. The highest BCUT2D eigenvalue weighted by molar-refractivity contribution is 6.12. The van der Waals surface area contributed by atoms with E-state index in [4.69, 9.17) is 24.4 Å². The monoisotopic (exact) mass is 493 g/mol. The number of aromatic nitrogens is 1. The Balaban J connectivity index is 1.17. The number of para-hydroxylation sites is 2. The Bertz CT molecular complexity index is 1740. The molecule has 0 N–H and O–H groups in total. The fraction of sp³-hybridized carbons (Fsp3) is 0.182. The van der Waals surface area contributed by atoms with Gasteiger partial charge in [-0.25, -0.2) is 15.0 Å². The van der Waals surface area contributed by atoms with Gasteiger partial charge in [-0.3, -0.25) is 0 Å². The van der Waals surface area contributed by atoms with Crippen molar-refractivity contribution in [2.75, 3.05) is 0 Å². The molecule has 1 aromatic heterocycles. The third kappa shape index (κ3) is 2.84. The third-order valence-electron chi connectivity index (χ3n) is 8.46. The largest absolute Gasteiger partial charge is 0.471 e. The molecule has 0 fully saturated rings. The van der Waals surface area contributed by atoms with Gasteiger partial charge in [0.05, 0.1) is 22.2 Å². The highest BCUT2D eigenvalue weighted by Crippen LogP contribution is 2.43. The molecule has 4 aliphatic rings. The number of hydrogen-bond donors (Lipinski definition) is 0. The Hall–Kier alpha value is -4.51. The Morgan fingerprint density at radius 1 is 0.553 bits per heavy atom. The first kappa shape index (κ1) is 20.5. The van der Waals surface area contributed by atoms with Crippen molar-refractivity contribution >= 4 is 33.6 Å². The van der Waals surface area contributed by atoms with E-state index in [9.17, 15) is 0 Å². The molecule has 38 heavy (non-hydrogen) atoms. The zero-order valence-electron chi connectivity index (χ0n) is 20.5. The van der Waals surface area contributed by atoms with Gasteiger partial charge >= 0.3 is 0 Å². The highest BCUT2D eigenvalue weighted by Gasteiger charge is 2.41. The van der Waals surface area contributed by atoms with Gasteiger partial charge in [-0.1, -0.05) is 72.8 Å². The molecule has 0 amide bonds. The molecule has 5 nitrogen and oxygen atoms in total. The van der Waals surface area contributed by atoms with Crippen LogP contribution in [0.5, 0.6) is 0 Å². The van der Waals surface area contributed by atoms with Crippen LogP contribution in [0.3, 0.4) is 0 Å². The molecule has 4 atom stereocenters. The summed E-state index contributed by atoms with van der Waals surface area (Å²) in [5, 5.41) is 2.13. The van der Waals surface area contributed by atoms with Crippen LogP contribution in [0.25, 0.3) is 21.8 Å². The quantitative estimate of drug-likeness (QED) is 0.272. The second-order valence-corrected chi connectivity index (χ2v) is 10.6. The summed E-state index contributed by atoms with van der Waals surface area (Å²) in [6.07, 6.45) is 1.89. The van der Waals surface area contributed by atoms with Crippen LogP contribution in [0.2, 0.25) is 0 Å². The normalized spacial score (nSPS) is 24.3. The van der Waals surface area contributed by atoms with Gasteiger partial charge in [-0.15, -0.1) is 0 Å². The molecule has 5 aromatic rings. The van der Waals surface area contributed by atoms with Gasteiger partial charge in [0.25, 0.3) is 0 Å². The smallest absolute Gasteiger partial charge is 0.219 e. The highest BCUT2D eigenvalue weighted by atomic mass is 16.5. The SMILES string of the molecule is c1ccc2c(c1)C[C@H]1OC(c3cccc4cc5cccc(C6=N[C@H]7c8ccccc8C[C@H]7O6)c5nc34)=N[C@@H]21. The van der Waals surface area contributed by atoms with Crippen LogP contribution < -0.4 is 0 Å². The summed E-state index contributed by atoms with van der Waals surface area (Å²) in [6.45, 7) is 0. The molecule has 2 aliphatic heterocycles. The summed E-state index contributed by atoms with van der Waals surface area (Å²) < 4.78 is 12.9. The zero-order chi connectivity index (χ0) is 24.8. The second kappa shape index (κ2) is 7.51. The number of hydrogen-bond acceptors (Lipinski definition) is 5. The molecular formula is C33H23N3O2. The van der Waals surface area contributed by atoms with Crippen molar-refractivity contribution in [3.05, 3.63) is 124 Å². The minimum atomic E-state index is 0.0519. The van der Waals surface area contributed by atoms with E-state index >= 15 is 0 Å². The van der Waals surface area contributed by atoms with Crippen molar-refractivity contribution < 1.29 is 9.47 Å². The Morgan fingerprint density at radius 3 is 1.58 bits per heavy atom. The lowest BCUT2D eigenvalue weighted by Gasteiger charge is -2.13. The molecule has 0 saturated heterocycles. The first-order valence-electron chi connectivity index (χ1n) is 13.3. The van der Waals surface area contributed by atoms with E-state index in [0.717, 1.165) is 45.8 Å². The lowest BCUT2D eigenvalue weighted by Crippen LogP contribution is -2.14. The summed E-state index contributed by atoms with van der Waals surface area (Å²) in [7, 11) is 0. The van der Waals surface area contributed by atoms with Crippen LogP contribution in [-0.2, 0) is 22.3 Å². The van der Waals surface area contributed by atoms with Gasteiger partial charge in [0.15, 0.2) is 0 Å². The zero-order valence-corrected chi connectivity index (χ0v) is 20.5. The number of fused-ring (bicyclic) bond motifs is 8. The number of rotatable bonds is 2. The van der Waals surface area contributed by atoms with E-state index in [0.29, 0.717) is 11.8 Å². The van der Waals surface area contributed by atoms with Crippen molar-refractivity contribution in [3.63, 3.8) is 0 Å². The maximum atomic E-state index is 6.45. The van der Waals surface area contributed by atoms with Gasteiger partial charge < -0.3 is 9.47 Å². The Morgan fingerprint density at radius 2 is 1.05 bits per heavy atom. The summed E-state index contributed by atoms with van der Waals surface area (Å²) in [4.78, 5) is 15.3. The molecular weight excluding hydrogens is 470 g/mol. The van der Waals surface area contributed by atoms with Gasteiger partial charge in [0.2, 0.25) is 11.8 Å². The molecule has 9 rings (SSSR count). The van der Waals surface area contributed by atoms with Crippen LogP contribution in [0, 0.1) is 0 Å². The number of ether oxygens (including phenoxy) is 2. The molecule has 0 spiro atoms. The lowest BCUT2D eigenvalue weighted by atomic mass is 10.0. The van der Waals surface area contributed by atoms with Crippen molar-refractivity contribution in [1.29, 1.82) is 0 Å². The van der Waals surface area contributed by atoms with Crippen molar-refractivity contribution in [3.8, 4) is 0 Å². The number of benzene rings is 4. The predicted molar refractivity (Wildman–Crippen MR) is 148 cm³/mol. The fourth-order valence-corrected chi connectivity index (χ4v) is 6.69. The average Bonchev–Trinajstić information content (AvgIpc) is 3.70. The minimum absolute atomic E-state index is 0.0519. The van der Waals surface area contributed by atoms with E-state index in [2.05, 4.69) is 91.0 Å². The molecule has 0 saturated carbocycles. The van der Waals surface area contributed by atoms with Crippen LogP contribution in [0.4, 0.5) is 0 Å². The maximum absolute atomic E-state index is 6.45. The summed E-state index contributed by atoms with van der Waals surface area (Å²) in [5.41, 5.74) is 8.88. The molecule has 0 bridgehead atoms. The lowest BCUT2D eigenvalue weighted by molar-refractivity contribution is 0.206. The van der Waals surface area contributed by atoms with Crippen molar-refractivity contribution in [1.82, 2.24) is 4.98 Å². The van der Waals surface area contributed by atoms with E-state index in [1.807, 2.05) is 0 Å². The minimum Gasteiger partial charge on any atom is -0.471 e. The van der Waals surface area contributed by atoms with Crippen LogP contribution >= 0.6 is 0 Å². The molecule has 4 aromatic carbocycles. The molecule has 182 valence electrons. The summed E-state index contributed by atoms with van der Waals surface area (Å²) in [5.74, 6) is 1.37. The van der Waals surface area contributed by atoms with Crippen LogP contribution in [0.1, 0.15) is 45.5 Å². The van der Waals surface area contributed by atoms with Crippen molar-refractivity contribution in [2.45, 2.75) is 37.1 Å². The number of nitrogens with zero attached hydrogens (tertiary/aromatic N) is 3. The van der Waals surface area contributed by atoms with Crippen molar-refractivity contribution in [2.24, 2.45) is 9.98 Å². The van der Waals surface area contributed by atoms with Crippen LogP contribution in [-0.4, -0.2) is 29.0 Å². The van der Waals surface area contributed by atoms with E-state index < -0.39 is 0 Å². The van der Waals surface area contributed by atoms with Crippen LogP contribution in [0.15, 0.2) is 101 Å². The molecule has 2 aliphatic carbocycles. The first-order valence-corrected chi connectivity index (χ1v) is 13.3.